The molecule has 2 bridgehead atoms. The van der Waals surface area contributed by atoms with Crippen LogP contribution in [0.15, 0.2) is 6.07 Å². The standard InChI is InChI=1S/C14H19Cl2N3/c1-2-5-17-13-11(15)7-12(16)14(18-13)19-8-9-3-4-10(19)6-9/h7,9-10H,2-6,8H2,1H3,(H,17,18). The predicted octanol–water partition coefficient (Wildman–Crippen LogP) is 4.20. The zero-order valence-corrected chi connectivity index (χ0v) is 12.6. The Labute approximate surface area is 124 Å². The zero-order chi connectivity index (χ0) is 13.4. The zero-order valence-electron chi connectivity index (χ0n) is 11.1. The van der Waals surface area contributed by atoms with Crippen molar-refractivity contribution in [1.82, 2.24) is 4.98 Å². The third kappa shape index (κ3) is 2.50. The second-order valence-electron chi connectivity index (χ2n) is 5.54. The highest BCUT2D eigenvalue weighted by molar-refractivity contribution is 6.37. The van der Waals surface area contributed by atoms with E-state index in [1.165, 1.54) is 19.3 Å². The molecule has 0 amide bonds. The lowest BCUT2D eigenvalue weighted by atomic mass is 10.1. The second-order valence-corrected chi connectivity index (χ2v) is 6.35. The van der Waals surface area contributed by atoms with Gasteiger partial charge in [0.2, 0.25) is 0 Å². The van der Waals surface area contributed by atoms with Gasteiger partial charge in [-0.1, -0.05) is 30.1 Å². The number of rotatable bonds is 4. The van der Waals surface area contributed by atoms with Crippen LogP contribution >= 0.6 is 23.2 Å². The van der Waals surface area contributed by atoms with Gasteiger partial charge in [-0.2, -0.15) is 0 Å². The summed E-state index contributed by atoms with van der Waals surface area (Å²) < 4.78 is 0. The number of nitrogens with zero attached hydrogens (tertiary/aromatic N) is 2. The van der Waals surface area contributed by atoms with Crippen molar-refractivity contribution >= 4 is 34.8 Å². The van der Waals surface area contributed by atoms with Gasteiger partial charge in [-0.3, -0.25) is 0 Å². The van der Waals surface area contributed by atoms with Crippen molar-refractivity contribution in [3.05, 3.63) is 16.1 Å². The number of aromatic nitrogens is 1. The Morgan fingerprint density at radius 3 is 2.84 bits per heavy atom. The molecule has 1 aromatic rings. The molecule has 19 heavy (non-hydrogen) atoms. The first-order valence-electron chi connectivity index (χ1n) is 7.05. The molecule has 1 aliphatic carbocycles. The first-order chi connectivity index (χ1) is 9.19. The normalized spacial score (nSPS) is 25.1. The summed E-state index contributed by atoms with van der Waals surface area (Å²) in [6.45, 7) is 4.09. The Hall–Kier alpha value is -0.670. The molecule has 2 unspecified atom stereocenters. The minimum absolute atomic E-state index is 0.603. The van der Waals surface area contributed by atoms with Crippen LogP contribution in [0.2, 0.25) is 10.0 Å². The van der Waals surface area contributed by atoms with Gasteiger partial charge in [-0.15, -0.1) is 0 Å². The number of anilines is 2. The van der Waals surface area contributed by atoms with Crippen LogP contribution in [0, 0.1) is 5.92 Å². The summed E-state index contributed by atoms with van der Waals surface area (Å²) in [6.07, 6.45) is 4.96. The first-order valence-corrected chi connectivity index (χ1v) is 7.81. The van der Waals surface area contributed by atoms with Crippen LogP contribution in [0.4, 0.5) is 11.6 Å². The lowest BCUT2D eigenvalue weighted by Gasteiger charge is -2.29. The lowest BCUT2D eigenvalue weighted by Crippen LogP contribution is -2.33. The van der Waals surface area contributed by atoms with E-state index >= 15 is 0 Å². The molecule has 104 valence electrons. The van der Waals surface area contributed by atoms with Gasteiger partial charge in [0.1, 0.15) is 11.6 Å². The van der Waals surface area contributed by atoms with E-state index in [2.05, 4.69) is 22.1 Å². The van der Waals surface area contributed by atoms with Crippen molar-refractivity contribution in [1.29, 1.82) is 0 Å². The number of halogens is 2. The fourth-order valence-corrected chi connectivity index (χ4v) is 3.74. The summed E-state index contributed by atoms with van der Waals surface area (Å²) in [5.41, 5.74) is 0. The summed E-state index contributed by atoms with van der Waals surface area (Å²) in [4.78, 5) is 7.03. The maximum Gasteiger partial charge on any atom is 0.150 e. The molecule has 1 saturated heterocycles. The molecule has 0 radical (unpaired) electrons. The Balaban J connectivity index is 1.88. The minimum atomic E-state index is 0.603. The quantitative estimate of drug-likeness (QED) is 0.903. The monoisotopic (exact) mass is 299 g/mol. The van der Waals surface area contributed by atoms with Gasteiger partial charge in [0.15, 0.2) is 0 Å². The number of pyridine rings is 1. The molecule has 2 heterocycles. The van der Waals surface area contributed by atoms with E-state index in [1.54, 1.807) is 0 Å². The molecule has 1 aromatic heterocycles. The summed E-state index contributed by atoms with van der Waals surface area (Å²) in [5, 5.41) is 4.54. The average molecular weight is 300 g/mol. The van der Waals surface area contributed by atoms with Crippen molar-refractivity contribution in [2.24, 2.45) is 5.92 Å². The molecule has 1 aliphatic heterocycles. The molecule has 2 fully saturated rings. The summed E-state index contributed by atoms with van der Waals surface area (Å²) in [7, 11) is 0. The van der Waals surface area contributed by atoms with Gasteiger partial charge in [-0.05, 0) is 37.7 Å². The van der Waals surface area contributed by atoms with Crippen molar-refractivity contribution in [3.63, 3.8) is 0 Å². The summed E-state index contributed by atoms with van der Waals surface area (Å²) in [5.74, 6) is 2.48. The van der Waals surface area contributed by atoms with E-state index in [4.69, 9.17) is 23.2 Å². The van der Waals surface area contributed by atoms with Crippen molar-refractivity contribution in [3.8, 4) is 0 Å². The number of fused-ring (bicyclic) bond motifs is 2. The van der Waals surface area contributed by atoms with Gasteiger partial charge in [0.25, 0.3) is 0 Å². The molecule has 2 atom stereocenters. The smallest absolute Gasteiger partial charge is 0.150 e. The molecular formula is C14H19Cl2N3. The molecule has 0 spiro atoms. The molecule has 2 aliphatic rings. The van der Waals surface area contributed by atoms with E-state index in [1.807, 2.05) is 6.07 Å². The van der Waals surface area contributed by atoms with Crippen molar-refractivity contribution in [2.45, 2.75) is 38.6 Å². The molecule has 5 heteroatoms. The average Bonchev–Trinajstić information content (AvgIpc) is 3.00. The highest BCUT2D eigenvalue weighted by Gasteiger charge is 2.39. The van der Waals surface area contributed by atoms with E-state index in [0.29, 0.717) is 16.1 Å². The number of piperidine rings is 1. The molecule has 3 nitrogen and oxygen atoms in total. The van der Waals surface area contributed by atoms with E-state index < -0.39 is 0 Å². The third-order valence-electron chi connectivity index (χ3n) is 4.13. The summed E-state index contributed by atoms with van der Waals surface area (Å²) in [6, 6.07) is 2.44. The predicted molar refractivity (Wildman–Crippen MR) is 81.5 cm³/mol. The van der Waals surface area contributed by atoms with Gasteiger partial charge >= 0.3 is 0 Å². The van der Waals surface area contributed by atoms with Crippen molar-refractivity contribution in [2.75, 3.05) is 23.3 Å². The molecule has 0 aromatic carbocycles. The second kappa shape index (κ2) is 5.37. The molecule has 1 N–H and O–H groups in total. The Morgan fingerprint density at radius 1 is 1.37 bits per heavy atom. The van der Waals surface area contributed by atoms with Crippen LogP contribution in [0.5, 0.6) is 0 Å². The van der Waals surface area contributed by atoms with Crippen LogP contribution in [0.25, 0.3) is 0 Å². The van der Waals surface area contributed by atoms with Gasteiger partial charge < -0.3 is 10.2 Å². The fraction of sp³-hybridized carbons (Fsp3) is 0.643. The maximum absolute atomic E-state index is 6.34. The summed E-state index contributed by atoms with van der Waals surface area (Å²) >= 11 is 12.5. The van der Waals surface area contributed by atoms with Crippen LogP contribution in [-0.4, -0.2) is 24.1 Å². The van der Waals surface area contributed by atoms with Gasteiger partial charge in [-0.25, -0.2) is 4.98 Å². The molecule has 3 rings (SSSR count). The van der Waals surface area contributed by atoms with Crippen LogP contribution < -0.4 is 10.2 Å². The van der Waals surface area contributed by atoms with Gasteiger partial charge in [0, 0.05) is 19.1 Å². The van der Waals surface area contributed by atoms with Crippen molar-refractivity contribution < 1.29 is 0 Å². The number of hydrogen-bond acceptors (Lipinski definition) is 3. The van der Waals surface area contributed by atoms with E-state index in [9.17, 15) is 0 Å². The Bertz CT molecular complexity index is 478. The highest BCUT2D eigenvalue weighted by atomic mass is 35.5. The third-order valence-corrected chi connectivity index (χ3v) is 4.70. The maximum atomic E-state index is 6.34. The van der Waals surface area contributed by atoms with Crippen LogP contribution in [0.3, 0.4) is 0 Å². The topological polar surface area (TPSA) is 28.2 Å². The lowest BCUT2D eigenvalue weighted by molar-refractivity contribution is 0.550. The van der Waals surface area contributed by atoms with Crippen LogP contribution in [0.1, 0.15) is 32.6 Å². The van der Waals surface area contributed by atoms with E-state index in [-0.39, 0.29) is 0 Å². The van der Waals surface area contributed by atoms with Gasteiger partial charge in [0.05, 0.1) is 10.0 Å². The van der Waals surface area contributed by atoms with E-state index in [0.717, 1.165) is 37.1 Å². The minimum Gasteiger partial charge on any atom is -0.369 e. The molecular weight excluding hydrogens is 281 g/mol. The Morgan fingerprint density at radius 2 is 2.21 bits per heavy atom. The largest absolute Gasteiger partial charge is 0.369 e. The SMILES string of the molecule is CCCNc1nc(N2CC3CCC2C3)c(Cl)cc1Cl. The molecule has 1 saturated carbocycles. The fourth-order valence-electron chi connectivity index (χ4n) is 3.21. The van der Waals surface area contributed by atoms with Crippen LogP contribution in [-0.2, 0) is 0 Å². The Kier molecular flexibility index (Phi) is 3.77. The number of nitrogens with one attached hydrogen (secondary N) is 1. The first kappa shape index (κ1) is 13.3. The number of hydrogen-bond donors (Lipinski definition) is 1. The highest BCUT2D eigenvalue weighted by Crippen LogP contribution is 2.42.